The van der Waals surface area contributed by atoms with Crippen LogP contribution in [0.2, 0.25) is 0 Å². The Morgan fingerprint density at radius 1 is 1.16 bits per heavy atom. The molecule has 4 heteroatoms. The molecule has 19 heavy (non-hydrogen) atoms. The Hall–Kier alpha value is -2.93. The number of aromatic nitrogens is 2. The molecule has 0 amide bonds. The number of benzene rings is 1. The number of nitriles is 1. The first-order valence-electron chi connectivity index (χ1n) is 5.77. The van der Waals surface area contributed by atoms with Crippen LogP contribution in [-0.4, -0.2) is 15.5 Å². The molecule has 2 heterocycles. The first-order chi connectivity index (χ1) is 9.31. The van der Waals surface area contributed by atoms with Crippen molar-refractivity contribution in [1.29, 1.82) is 5.26 Å². The van der Waals surface area contributed by atoms with Crippen molar-refractivity contribution in [1.82, 2.24) is 9.55 Å². The number of carbonyl (C=O) groups is 1. The van der Waals surface area contributed by atoms with E-state index >= 15 is 0 Å². The largest absolute Gasteiger partial charge is 0.280 e. The van der Waals surface area contributed by atoms with Crippen molar-refractivity contribution in [2.24, 2.45) is 0 Å². The average molecular weight is 247 g/mol. The van der Waals surface area contributed by atoms with Crippen LogP contribution >= 0.6 is 0 Å². The van der Waals surface area contributed by atoms with Gasteiger partial charge in [-0.05, 0) is 24.3 Å². The maximum atomic E-state index is 12.4. The molecule has 2 aromatic heterocycles. The molecule has 4 nitrogen and oxygen atoms in total. The van der Waals surface area contributed by atoms with E-state index in [-0.39, 0.29) is 5.91 Å². The van der Waals surface area contributed by atoms with Crippen LogP contribution in [0.15, 0.2) is 54.9 Å². The number of pyridine rings is 1. The van der Waals surface area contributed by atoms with Crippen molar-refractivity contribution in [3.05, 3.63) is 66.0 Å². The Morgan fingerprint density at radius 3 is 2.68 bits per heavy atom. The molecule has 0 spiro atoms. The monoisotopic (exact) mass is 247 g/mol. The third-order valence-corrected chi connectivity index (χ3v) is 2.93. The maximum Gasteiger partial charge on any atom is 0.262 e. The van der Waals surface area contributed by atoms with Gasteiger partial charge in [0, 0.05) is 18.0 Å². The van der Waals surface area contributed by atoms with E-state index in [1.54, 1.807) is 36.7 Å². The zero-order valence-electron chi connectivity index (χ0n) is 9.95. The summed E-state index contributed by atoms with van der Waals surface area (Å²) in [4.78, 5) is 16.6. The molecule has 0 aliphatic carbocycles. The summed E-state index contributed by atoms with van der Waals surface area (Å²) in [5.41, 5.74) is 2.22. The van der Waals surface area contributed by atoms with E-state index in [1.165, 1.54) is 4.57 Å². The Balaban J connectivity index is 2.22. The predicted molar refractivity (Wildman–Crippen MR) is 70.6 cm³/mol. The predicted octanol–water partition coefficient (Wildman–Crippen LogP) is 2.60. The summed E-state index contributed by atoms with van der Waals surface area (Å²) in [6.07, 6.45) is 3.21. The number of carbonyl (C=O) groups excluding carboxylic acids is 1. The number of fused-ring (bicyclic) bond motifs is 1. The maximum absolute atomic E-state index is 12.4. The van der Waals surface area contributed by atoms with Crippen molar-refractivity contribution < 1.29 is 4.79 Å². The van der Waals surface area contributed by atoms with Crippen LogP contribution < -0.4 is 0 Å². The second kappa shape index (κ2) is 4.39. The Labute approximate surface area is 109 Å². The van der Waals surface area contributed by atoms with Crippen LogP contribution in [-0.2, 0) is 0 Å². The molecule has 0 atom stereocenters. The molecule has 3 aromatic rings. The van der Waals surface area contributed by atoms with E-state index in [0.29, 0.717) is 22.2 Å². The lowest BCUT2D eigenvalue weighted by Crippen LogP contribution is -2.11. The lowest BCUT2D eigenvalue weighted by Gasteiger charge is -2.04. The Kier molecular flexibility index (Phi) is 2.58. The number of rotatable bonds is 1. The van der Waals surface area contributed by atoms with Gasteiger partial charge >= 0.3 is 0 Å². The third-order valence-electron chi connectivity index (χ3n) is 2.93. The minimum Gasteiger partial charge on any atom is -0.280 e. The van der Waals surface area contributed by atoms with Gasteiger partial charge in [0.1, 0.15) is 6.07 Å². The van der Waals surface area contributed by atoms with E-state index in [1.807, 2.05) is 18.2 Å². The molecule has 90 valence electrons. The van der Waals surface area contributed by atoms with Crippen LogP contribution in [0.25, 0.3) is 11.0 Å². The van der Waals surface area contributed by atoms with Gasteiger partial charge in [0.05, 0.1) is 16.6 Å². The van der Waals surface area contributed by atoms with Gasteiger partial charge in [-0.3, -0.25) is 14.3 Å². The number of nitrogens with zero attached hydrogens (tertiary/aromatic N) is 3. The lowest BCUT2D eigenvalue weighted by molar-refractivity contribution is 0.0965. The molecule has 0 saturated heterocycles. The highest BCUT2D eigenvalue weighted by molar-refractivity contribution is 6.02. The fraction of sp³-hybridized carbons (Fsp3) is 0. The molecule has 0 fully saturated rings. The van der Waals surface area contributed by atoms with Crippen molar-refractivity contribution in [2.45, 2.75) is 0 Å². The highest BCUT2D eigenvalue weighted by atomic mass is 16.2. The van der Waals surface area contributed by atoms with Gasteiger partial charge in [-0.25, -0.2) is 0 Å². The third kappa shape index (κ3) is 1.78. The summed E-state index contributed by atoms with van der Waals surface area (Å²) in [5.74, 6) is -0.167. The summed E-state index contributed by atoms with van der Waals surface area (Å²) in [5, 5.41) is 9.13. The normalized spacial score (nSPS) is 10.3. The van der Waals surface area contributed by atoms with Crippen LogP contribution in [0.3, 0.4) is 0 Å². The molecular formula is C15H9N3O. The highest BCUT2D eigenvalue weighted by Gasteiger charge is 2.14. The van der Waals surface area contributed by atoms with Crippen LogP contribution in [0.5, 0.6) is 0 Å². The Morgan fingerprint density at radius 2 is 1.95 bits per heavy atom. The smallest absolute Gasteiger partial charge is 0.262 e. The number of hydrogen-bond acceptors (Lipinski definition) is 3. The van der Waals surface area contributed by atoms with Gasteiger partial charge < -0.3 is 0 Å². The molecular weight excluding hydrogens is 238 g/mol. The van der Waals surface area contributed by atoms with Crippen molar-refractivity contribution in [3.63, 3.8) is 0 Å². The van der Waals surface area contributed by atoms with Crippen molar-refractivity contribution in [2.75, 3.05) is 0 Å². The van der Waals surface area contributed by atoms with Crippen molar-refractivity contribution in [3.8, 4) is 6.07 Å². The van der Waals surface area contributed by atoms with E-state index in [2.05, 4.69) is 11.1 Å². The summed E-state index contributed by atoms with van der Waals surface area (Å²) in [6, 6.07) is 14.4. The molecule has 0 radical (unpaired) electrons. The zero-order valence-corrected chi connectivity index (χ0v) is 9.95. The molecule has 0 N–H and O–H groups in total. The first-order valence-corrected chi connectivity index (χ1v) is 5.77. The SMILES string of the molecule is N#Cc1ccnc2ccn(C(=O)c3ccccc3)c12. The standard InChI is InChI=1S/C15H9N3O/c16-10-12-6-8-17-13-7-9-18(14(12)13)15(19)11-4-2-1-3-5-11/h1-9H. The van der Waals surface area contributed by atoms with Crippen LogP contribution in [0.4, 0.5) is 0 Å². The minimum atomic E-state index is -0.167. The number of hydrogen-bond donors (Lipinski definition) is 0. The fourth-order valence-corrected chi connectivity index (χ4v) is 2.04. The molecule has 0 unspecified atom stereocenters. The topological polar surface area (TPSA) is 58.7 Å². The van der Waals surface area contributed by atoms with Crippen molar-refractivity contribution >= 4 is 16.9 Å². The summed E-state index contributed by atoms with van der Waals surface area (Å²) in [6.45, 7) is 0. The molecule has 3 rings (SSSR count). The zero-order chi connectivity index (χ0) is 13.2. The second-order valence-corrected chi connectivity index (χ2v) is 4.06. The summed E-state index contributed by atoms with van der Waals surface area (Å²) < 4.78 is 1.47. The van der Waals surface area contributed by atoms with Crippen LogP contribution in [0, 0.1) is 11.3 Å². The van der Waals surface area contributed by atoms with Gasteiger partial charge in [0.15, 0.2) is 0 Å². The molecule has 1 aromatic carbocycles. The van der Waals surface area contributed by atoms with Gasteiger partial charge in [-0.15, -0.1) is 0 Å². The van der Waals surface area contributed by atoms with E-state index < -0.39 is 0 Å². The molecule has 0 aliphatic heterocycles. The highest BCUT2D eigenvalue weighted by Crippen LogP contribution is 2.18. The minimum absolute atomic E-state index is 0.167. The molecule has 0 aliphatic rings. The average Bonchev–Trinajstić information content (AvgIpc) is 2.91. The Bertz CT molecular complexity index is 797. The van der Waals surface area contributed by atoms with Gasteiger partial charge in [0.2, 0.25) is 0 Å². The van der Waals surface area contributed by atoms with E-state index in [9.17, 15) is 4.79 Å². The summed E-state index contributed by atoms with van der Waals surface area (Å²) in [7, 11) is 0. The molecule has 0 bridgehead atoms. The van der Waals surface area contributed by atoms with Crippen LogP contribution in [0.1, 0.15) is 15.9 Å². The second-order valence-electron chi connectivity index (χ2n) is 4.06. The van der Waals surface area contributed by atoms with E-state index in [4.69, 9.17) is 5.26 Å². The van der Waals surface area contributed by atoms with Gasteiger partial charge in [-0.1, -0.05) is 18.2 Å². The quantitative estimate of drug-likeness (QED) is 0.664. The van der Waals surface area contributed by atoms with Gasteiger partial charge in [0.25, 0.3) is 5.91 Å². The van der Waals surface area contributed by atoms with Gasteiger partial charge in [-0.2, -0.15) is 5.26 Å². The molecule has 0 saturated carbocycles. The fourth-order valence-electron chi connectivity index (χ4n) is 2.04. The lowest BCUT2D eigenvalue weighted by atomic mass is 10.2. The van der Waals surface area contributed by atoms with E-state index in [0.717, 1.165) is 0 Å². The summed E-state index contributed by atoms with van der Waals surface area (Å²) >= 11 is 0. The first kappa shape index (κ1) is 11.2.